The lowest BCUT2D eigenvalue weighted by molar-refractivity contribution is -0.384. The van der Waals surface area contributed by atoms with E-state index in [1.54, 1.807) is 26.8 Å². The van der Waals surface area contributed by atoms with E-state index in [1.165, 1.54) is 25.3 Å². The summed E-state index contributed by atoms with van der Waals surface area (Å²) in [6.07, 6.45) is -0.178. The molecule has 28 heavy (non-hydrogen) atoms. The second-order valence-electron chi connectivity index (χ2n) is 6.48. The van der Waals surface area contributed by atoms with E-state index in [2.05, 4.69) is 4.99 Å². The number of methoxy groups -OCH3 is 1. The number of nitro groups is 1. The first kappa shape index (κ1) is 21.2. The van der Waals surface area contributed by atoms with E-state index in [-0.39, 0.29) is 29.7 Å². The molecular weight excluding hydrogens is 366 g/mol. The van der Waals surface area contributed by atoms with E-state index in [0.29, 0.717) is 11.3 Å². The maximum atomic E-state index is 12.5. The monoisotopic (exact) mass is 387 g/mol. The first-order valence-corrected chi connectivity index (χ1v) is 8.60. The van der Waals surface area contributed by atoms with E-state index in [4.69, 9.17) is 14.5 Å². The van der Waals surface area contributed by atoms with E-state index in [1.807, 2.05) is 6.07 Å². The fourth-order valence-electron chi connectivity index (χ4n) is 3.02. The van der Waals surface area contributed by atoms with E-state index in [0.717, 1.165) is 0 Å². The Kier molecular flexibility index (Phi) is 6.98. The molecular formula is C19H21N3O6. The number of non-ortho nitro benzene ring substituents is 1. The van der Waals surface area contributed by atoms with Crippen molar-refractivity contribution in [2.75, 3.05) is 13.7 Å². The summed E-state index contributed by atoms with van der Waals surface area (Å²) in [5, 5.41) is 20.7. The summed E-state index contributed by atoms with van der Waals surface area (Å²) in [6.45, 7) is 5.35. The molecule has 2 atom stereocenters. The highest BCUT2D eigenvalue weighted by molar-refractivity contribution is 5.98. The lowest BCUT2D eigenvalue weighted by Gasteiger charge is -2.31. The molecule has 2 rings (SSSR count). The quantitative estimate of drug-likeness (QED) is 0.305. The van der Waals surface area contributed by atoms with Crippen molar-refractivity contribution in [2.24, 2.45) is 10.9 Å². The second kappa shape index (κ2) is 9.21. The molecule has 0 radical (unpaired) electrons. The van der Waals surface area contributed by atoms with Crippen LogP contribution in [-0.4, -0.2) is 36.4 Å². The first-order valence-electron chi connectivity index (χ1n) is 8.60. The summed E-state index contributed by atoms with van der Waals surface area (Å²) in [5.74, 6) is -1.92. The van der Waals surface area contributed by atoms with Crippen LogP contribution in [0.5, 0.6) is 0 Å². The van der Waals surface area contributed by atoms with E-state index < -0.39 is 22.7 Å². The van der Waals surface area contributed by atoms with Gasteiger partial charge in [-0.25, -0.2) is 19.6 Å². The number of allylic oxidation sites excluding steroid dienone is 1. The topological polar surface area (TPSA) is 124 Å². The minimum absolute atomic E-state index is 0.0363. The van der Waals surface area contributed by atoms with Gasteiger partial charge in [-0.15, -0.1) is 0 Å². The molecule has 0 amide bonds. The Morgan fingerprint density at radius 2 is 2.14 bits per heavy atom. The highest BCUT2D eigenvalue weighted by atomic mass is 17.2. The van der Waals surface area contributed by atoms with Gasteiger partial charge in [0.1, 0.15) is 6.07 Å². The van der Waals surface area contributed by atoms with Gasteiger partial charge in [0.25, 0.3) is 5.69 Å². The zero-order chi connectivity index (χ0) is 20.8. The molecule has 1 aromatic rings. The minimum atomic E-state index is -0.723. The zero-order valence-corrected chi connectivity index (χ0v) is 16.0. The summed E-state index contributed by atoms with van der Waals surface area (Å²) in [4.78, 5) is 37.8. The van der Waals surface area contributed by atoms with Gasteiger partial charge in [0.15, 0.2) is 5.70 Å². The van der Waals surface area contributed by atoms with Gasteiger partial charge in [-0.2, -0.15) is 5.26 Å². The molecule has 0 saturated heterocycles. The molecule has 0 bridgehead atoms. The number of rotatable bonds is 7. The van der Waals surface area contributed by atoms with Gasteiger partial charge in [0, 0.05) is 29.7 Å². The van der Waals surface area contributed by atoms with Gasteiger partial charge < -0.3 is 4.74 Å². The lowest BCUT2D eigenvalue weighted by atomic mass is 9.76. The van der Waals surface area contributed by atoms with Crippen molar-refractivity contribution in [1.82, 2.24) is 0 Å². The predicted molar refractivity (Wildman–Crippen MR) is 99.3 cm³/mol. The van der Waals surface area contributed by atoms with Crippen LogP contribution in [0, 0.1) is 27.4 Å². The molecule has 148 valence electrons. The van der Waals surface area contributed by atoms with Crippen LogP contribution >= 0.6 is 0 Å². The molecule has 0 fully saturated rings. The third-order valence-corrected chi connectivity index (χ3v) is 4.25. The normalized spacial score (nSPS) is 19.2. The molecule has 9 nitrogen and oxygen atoms in total. The number of hydrogen-bond acceptors (Lipinski definition) is 8. The summed E-state index contributed by atoms with van der Waals surface area (Å²) < 4.78 is 4.85. The number of nitro benzene ring substituents is 1. The Morgan fingerprint density at radius 1 is 1.43 bits per heavy atom. The van der Waals surface area contributed by atoms with E-state index >= 15 is 0 Å². The summed E-state index contributed by atoms with van der Waals surface area (Å²) in [6, 6.07) is 7.83. The van der Waals surface area contributed by atoms with Gasteiger partial charge in [0.2, 0.25) is 0 Å². The van der Waals surface area contributed by atoms with Gasteiger partial charge in [-0.05, 0) is 26.3 Å². The third kappa shape index (κ3) is 4.60. The fraction of sp³-hybridized carbons (Fsp3) is 0.421. The second-order valence-corrected chi connectivity index (χ2v) is 6.48. The van der Waals surface area contributed by atoms with Gasteiger partial charge in [-0.3, -0.25) is 10.1 Å². The minimum Gasteiger partial charge on any atom is -0.466 e. The standard InChI is InChI=1S/C19H21N3O6/c1-11(2)28-27-10-15-12(3)21-16(9-20)18(19(23)26-4)17(15)13-6-5-7-14(8-13)22(24)25/h5-8,11,15,17H,10H2,1-4H3. The number of esters is 1. The van der Waals surface area contributed by atoms with Crippen LogP contribution in [-0.2, 0) is 19.3 Å². The van der Waals surface area contributed by atoms with Crippen LogP contribution in [0.2, 0.25) is 0 Å². The molecule has 9 heteroatoms. The van der Waals surface area contributed by atoms with E-state index in [9.17, 15) is 20.2 Å². The maximum absolute atomic E-state index is 12.5. The Morgan fingerprint density at radius 3 is 2.71 bits per heavy atom. The third-order valence-electron chi connectivity index (χ3n) is 4.25. The van der Waals surface area contributed by atoms with Crippen LogP contribution in [0.4, 0.5) is 5.69 Å². The number of carbonyl (C=O) groups is 1. The number of benzene rings is 1. The predicted octanol–water partition coefficient (Wildman–Crippen LogP) is 3.08. The van der Waals surface area contributed by atoms with Crippen LogP contribution in [0.25, 0.3) is 0 Å². The van der Waals surface area contributed by atoms with Crippen molar-refractivity contribution in [3.63, 3.8) is 0 Å². The molecule has 1 aromatic carbocycles. The Labute approximate surface area is 162 Å². The number of aliphatic imine (C=N–C) groups is 1. The van der Waals surface area contributed by atoms with Crippen LogP contribution in [0.3, 0.4) is 0 Å². The molecule has 2 unspecified atom stereocenters. The fourth-order valence-corrected chi connectivity index (χ4v) is 3.02. The number of nitrogens with zero attached hydrogens (tertiary/aromatic N) is 3. The smallest absolute Gasteiger partial charge is 0.337 e. The molecule has 0 N–H and O–H groups in total. The van der Waals surface area contributed by atoms with Crippen LogP contribution in [0.15, 0.2) is 40.5 Å². The first-order chi connectivity index (χ1) is 13.3. The summed E-state index contributed by atoms with van der Waals surface area (Å²) >= 11 is 0. The number of carbonyl (C=O) groups excluding carboxylic acids is 1. The molecule has 1 heterocycles. The highest BCUT2D eigenvalue weighted by Gasteiger charge is 2.39. The number of ether oxygens (including phenoxy) is 1. The molecule has 0 aliphatic carbocycles. The molecule has 1 aliphatic rings. The van der Waals surface area contributed by atoms with Crippen molar-refractivity contribution in [3.05, 3.63) is 51.2 Å². The SMILES string of the molecule is COC(=O)C1=C(C#N)N=C(C)C(COOC(C)C)C1c1cccc([N+](=O)[O-])c1. The van der Waals surface area contributed by atoms with Crippen LogP contribution in [0.1, 0.15) is 32.3 Å². The van der Waals surface area contributed by atoms with Crippen molar-refractivity contribution in [1.29, 1.82) is 5.26 Å². The maximum Gasteiger partial charge on any atom is 0.337 e. The Hall–Kier alpha value is -3.09. The lowest BCUT2D eigenvalue weighted by Crippen LogP contribution is -2.33. The zero-order valence-electron chi connectivity index (χ0n) is 16.0. The number of hydrogen-bond donors (Lipinski definition) is 0. The van der Waals surface area contributed by atoms with Crippen molar-refractivity contribution in [2.45, 2.75) is 32.8 Å². The Balaban J connectivity index is 2.59. The summed E-state index contributed by atoms with van der Waals surface area (Å²) in [7, 11) is 1.20. The van der Waals surface area contributed by atoms with Crippen molar-refractivity contribution < 1.29 is 24.2 Å². The van der Waals surface area contributed by atoms with Gasteiger partial charge in [0.05, 0.1) is 30.3 Å². The average Bonchev–Trinajstić information content (AvgIpc) is 2.67. The van der Waals surface area contributed by atoms with Gasteiger partial charge >= 0.3 is 5.97 Å². The largest absolute Gasteiger partial charge is 0.466 e. The van der Waals surface area contributed by atoms with Gasteiger partial charge in [-0.1, -0.05) is 12.1 Å². The highest BCUT2D eigenvalue weighted by Crippen LogP contribution is 2.40. The van der Waals surface area contributed by atoms with Crippen LogP contribution < -0.4 is 0 Å². The molecule has 1 aliphatic heterocycles. The Bertz CT molecular complexity index is 869. The molecule has 0 aromatic heterocycles. The van der Waals surface area contributed by atoms with Crippen molar-refractivity contribution >= 4 is 17.4 Å². The van der Waals surface area contributed by atoms with Crippen molar-refractivity contribution in [3.8, 4) is 6.07 Å². The molecule has 0 saturated carbocycles. The average molecular weight is 387 g/mol. The summed E-state index contributed by atoms with van der Waals surface area (Å²) in [5.41, 5.74) is 0.859. The number of nitriles is 1. The molecule has 0 spiro atoms.